The van der Waals surface area contributed by atoms with E-state index >= 15 is 0 Å². The van der Waals surface area contributed by atoms with Crippen molar-refractivity contribution < 1.29 is 27.4 Å². The molecule has 1 amide bonds. The van der Waals surface area contributed by atoms with Crippen molar-refractivity contribution in [3.8, 4) is 17.0 Å². The first-order chi connectivity index (χ1) is 17.1. The normalized spacial score (nSPS) is 20.3. The van der Waals surface area contributed by atoms with Crippen LogP contribution in [-0.2, 0) is 18.0 Å². The number of methoxy groups -OCH3 is 1. The fourth-order valence-electron chi connectivity index (χ4n) is 4.07. The second-order valence-electron chi connectivity index (χ2n) is 8.50. The first kappa shape index (κ1) is 25.4. The van der Waals surface area contributed by atoms with Gasteiger partial charge in [0, 0.05) is 38.7 Å². The molecule has 0 saturated carbocycles. The van der Waals surface area contributed by atoms with Crippen molar-refractivity contribution in [1.29, 1.82) is 0 Å². The van der Waals surface area contributed by atoms with E-state index in [1.54, 1.807) is 48.3 Å². The van der Waals surface area contributed by atoms with Gasteiger partial charge in [0.2, 0.25) is 5.95 Å². The molecule has 4 heterocycles. The highest BCUT2D eigenvalue weighted by molar-refractivity contribution is 5.98. The number of ether oxygens (including phenoxy) is 2. The Morgan fingerprint density at radius 3 is 2.53 bits per heavy atom. The maximum Gasteiger partial charge on any atom is 0.419 e. The Balaban J connectivity index is 1.57. The van der Waals surface area contributed by atoms with E-state index in [2.05, 4.69) is 25.4 Å². The van der Waals surface area contributed by atoms with Crippen LogP contribution >= 0.6 is 0 Å². The van der Waals surface area contributed by atoms with Gasteiger partial charge in [0.05, 0.1) is 48.4 Å². The number of hydrogen-bond acceptors (Lipinski definition) is 8. The van der Waals surface area contributed by atoms with Gasteiger partial charge in [-0.1, -0.05) is 0 Å². The van der Waals surface area contributed by atoms with Crippen molar-refractivity contribution in [2.75, 3.05) is 25.5 Å². The molecule has 192 valence electrons. The van der Waals surface area contributed by atoms with Crippen molar-refractivity contribution in [1.82, 2.24) is 29.6 Å². The minimum absolute atomic E-state index is 0.0159. The molecule has 3 aromatic heterocycles. The number of halogens is 3. The molecule has 1 N–H and O–H groups in total. The first-order valence-electron chi connectivity index (χ1n) is 11.2. The van der Waals surface area contributed by atoms with E-state index in [4.69, 9.17) is 9.47 Å². The van der Waals surface area contributed by atoms with Crippen LogP contribution in [0.3, 0.4) is 0 Å². The van der Waals surface area contributed by atoms with Crippen LogP contribution in [0, 0.1) is 0 Å². The molecule has 1 fully saturated rings. The van der Waals surface area contributed by atoms with Gasteiger partial charge in [0.1, 0.15) is 5.75 Å². The Labute approximate surface area is 205 Å². The number of aromatic nitrogens is 5. The number of carbonyl (C=O) groups excluding carboxylic acids is 1. The zero-order valence-electron chi connectivity index (χ0n) is 20.2. The predicted octanol–water partition coefficient (Wildman–Crippen LogP) is 3.03. The molecule has 1 saturated heterocycles. The van der Waals surface area contributed by atoms with E-state index in [0.29, 0.717) is 35.9 Å². The number of hydrogen-bond donors (Lipinski definition) is 1. The van der Waals surface area contributed by atoms with Gasteiger partial charge < -0.3 is 19.7 Å². The average molecular weight is 506 g/mol. The number of carbonyl (C=O) groups is 1. The van der Waals surface area contributed by atoms with E-state index in [-0.39, 0.29) is 36.3 Å². The topological polar surface area (TPSA) is 107 Å². The molecule has 10 nitrogen and oxygen atoms in total. The quantitative estimate of drug-likeness (QED) is 0.545. The Morgan fingerprint density at radius 2 is 1.92 bits per heavy atom. The summed E-state index contributed by atoms with van der Waals surface area (Å²) >= 11 is 0. The highest BCUT2D eigenvalue weighted by Crippen LogP contribution is 2.29. The number of nitrogens with zero attached hydrogens (tertiary/aromatic N) is 6. The molecule has 0 bridgehead atoms. The molecule has 0 aromatic carbocycles. The molecule has 0 spiro atoms. The summed E-state index contributed by atoms with van der Waals surface area (Å²) in [5, 5.41) is 7.33. The lowest BCUT2D eigenvalue weighted by Crippen LogP contribution is -2.58. The fourth-order valence-corrected chi connectivity index (χ4v) is 4.07. The van der Waals surface area contributed by atoms with E-state index in [0.717, 1.165) is 0 Å². The molecule has 0 unspecified atom stereocenters. The van der Waals surface area contributed by atoms with Gasteiger partial charge in [-0.3, -0.25) is 14.5 Å². The van der Waals surface area contributed by atoms with Crippen LogP contribution in [0.5, 0.6) is 5.75 Å². The lowest BCUT2D eigenvalue weighted by atomic mass is 10.0. The number of morpholine rings is 1. The molecule has 0 radical (unpaired) electrons. The van der Waals surface area contributed by atoms with Gasteiger partial charge in [0.15, 0.2) is 5.69 Å². The van der Waals surface area contributed by atoms with Crippen LogP contribution in [0.1, 0.15) is 29.9 Å². The fraction of sp³-hybridized carbons (Fsp3) is 0.435. The highest BCUT2D eigenvalue weighted by Gasteiger charge is 2.38. The summed E-state index contributed by atoms with van der Waals surface area (Å²) in [6, 6.07) is 3.04. The predicted molar refractivity (Wildman–Crippen MR) is 123 cm³/mol. The van der Waals surface area contributed by atoms with Crippen molar-refractivity contribution >= 4 is 11.9 Å². The monoisotopic (exact) mass is 505 g/mol. The minimum Gasteiger partial charge on any atom is -0.495 e. The molecule has 0 aliphatic carbocycles. The number of aryl methyl sites for hydroxylation is 1. The molecular formula is C23H26F3N7O3. The van der Waals surface area contributed by atoms with Gasteiger partial charge in [-0.05, 0) is 26.0 Å². The van der Waals surface area contributed by atoms with Crippen LogP contribution in [0.25, 0.3) is 11.3 Å². The van der Waals surface area contributed by atoms with Crippen LogP contribution < -0.4 is 10.1 Å². The Bertz CT molecular complexity index is 1200. The first-order valence-corrected chi connectivity index (χ1v) is 11.2. The second-order valence-corrected chi connectivity index (χ2v) is 8.50. The van der Waals surface area contributed by atoms with Crippen molar-refractivity contribution in [2.45, 2.75) is 38.3 Å². The third kappa shape index (κ3) is 5.40. The standard InChI is InChI=1S/C23H26F3N7O3/c1-13-11-33(19(14(2)36-13)10-30-22-28-7-15(8-29-22)23(24,25)26)21(34)20-17(12-32(3)31-20)18-6-5-16(35-4)9-27-18/h5-9,12-14,19H,10-11H2,1-4H3,(H,28,29,30)/t13-,14+,19-/m1/s1. The third-order valence-electron chi connectivity index (χ3n) is 5.83. The van der Waals surface area contributed by atoms with Gasteiger partial charge in [0.25, 0.3) is 5.91 Å². The summed E-state index contributed by atoms with van der Waals surface area (Å²) in [4.78, 5) is 27.3. The van der Waals surface area contributed by atoms with Gasteiger partial charge in [-0.15, -0.1) is 0 Å². The summed E-state index contributed by atoms with van der Waals surface area (Å²) < 4.78 is 51.0. The number of anilines is 1. The lowest BCUT2D eigenvalue weighted by molar-refractivity contribution is -0.138. The van der Waals surface area contributed by atoms with E-state index in [1.807, 2.05) is 13.8 Å². The van der Waals surface area contributed by atoms with Crippen molar-refractivity contribution in [3.63, 3.8) is 0 Å². The molecule has 36 heavy (non-hydrogen) atoms. The Hall–Kier alpha value is -3.74. The molecule has 13 heteroatoms. The average Bonchev–Trinajstić information content (AvgIpc) is 3.24. The largest absolute Gasteiger partial charge is 0.495 e. The molecule has 3 atom stereocenters. The zero-order chi connectivity index (χ0) is 26.0. The summed E-state index contributed by atoms with van der Waals surface area (Å²) in [7, 11) is 3.26. The van der Waals surface area contributed by atoms with E-state index in [9.17, 15) is 18.0 Å². The minimum atomic E-state index is -4.53. The third-order valence-corrected chi connectivity index (χ3v) is 5.83. The lowest BCUT2D eigenvalue weighted by Gasteiger charge is -2.42. The zero-order valence-corrected chi connectivity index (χ0v) is 20.2. The molecule has 3 aromatic rings. The van der Waals surface area contributed by atoms with E-state index in [1.165, 1.54) is 0 Å². The maximum absolute atomic E-state index is 13.8. The number of rotatable bonds is 6. The van der Waals surface area contributed by atoms with Gasteiger partial charge >= 0.3 is 6.18 Å². The number of nitrogens with one attached hydrogen (secondary N) is 1. The maximum atomic E-state index is 13.8. The Kier molecular flexibility index (Phi) is 7.11. The molecule has 4 rings (SSSR count). The summed E-state index contributed by atoms with van der Waals surface area (Å²) in [5.74, 6) is 0.288. The molecular weight excluding hydrogens is 479 g/mol. The summed E-state index contributed by atoms with van der Waals surface area (Å²) in [6.45, 7) is 4.16. The molecule has 1 aliphatic rings. The number of alkyl halides is 3. The summed E-state index contributed by atoms with van der Waals surface area (Å²) in [6.07, 6.45) is -0.417. The van der Waals surface area contributed by atoms with Gasteiger partial charge in [-0.25, -0.2) is 9.97 Å². The van der Waals surface area contributed by atoms with E-state index < -0.39 is 17.8 Å². The number of pyridine rings is 1. The van der Waals surface area contributed by atoms with Crippen molar-refractivity contribution in [3.05, 3.63) is 48.2 Å². The summed E-state index contributed by atoms with van der Waals surface area (Å²) in [5.41, 5.74) is 0.416. The van der Waals surface area contributed by atoms with Crippen LogP contribution in [-0.4, -0.2) is 74.0 Å². The number of amides is 1. The SMILES string of the molecule is COc1ccc(-c2cn(C)nc2C(=O)N2C[C@@H](C)O[C@@H](C)[C@H]2CNc2ncc(C(F)(F)F)cn2)nc1. The van der Waals surface area contributed by atoms with Crippen molar-refractivity contribution in [2.24, 2.45) is 7.05 Å². The van der Waals surface area contributed by atoms with Crippen LogP contribution in [0.2, 0.25) is 0 Å². The molecule has 1 aliphatic heterocycles. The smallest absolute Gasteiger partial charge is 0.419 e. The van der Waals surface area contributed by atoms with Crippen LogP contribution in [0.4, 0.5) is 19.1 Å². The van der Waals surface area contributed by atoms with Crippen LogP contribution in [0.15, 0.2) is 36.9 Å². The Morgan fingerprint density at radius 1 is 1.19 bits per heavy atom. The van der Waals surface area contributed by atoms with Gasteiger partial charge in [-0.2, -0.15) is 18.3 Å². The highest BCUT2D eigenvalue weighted by atomic mass is 19.4. The second kappa shape index (κ2) is 10.1.